The van der Waals surface area contributed by atoms with E-state index in [0.717, 1.165) is 6.07 Å². The van der Waals surface area contributed by atoms with E-state index in [1.54, 1.807) is 0 Å². The Hall–Kier alpha value is -1.20. The number of halogens is 6. The average molecular weight is 383 g/mol. The second kappa shape index (κ2) is 5.20. The van der Waals surface area contributed by atoms with Gasteiger partial charge in [0.1, 0.15) is 3.70 Å². The number of carboxylic acid groups (broad SMARTS) is 1. The summed E-state index contributed by atoms with van der Waals surface area (Å²) in [6.07, 6.45) is -8.70. The van der Waals surface area contributed by atoms with Crippen molar-refractivity contribution in [2.45, 2.75) is 12.8 Å². The Bertz CT molecular complexity index is 477. The van der Waals surface area contributed by atoms with Gasteiger partial charge in [-0.05, 0) is 28.7 Å². The Morgan fingerprint density at radius 3 is 2.39 bits per heavy atom. The Kier molecular flexibility index (Phi) is 4.29. The van der Waals surface area contributed by atoms with Gasteiger partial charge in [0.25, 0.3) is 6.43 Å². The molecular weight excluding hydrogens is 380 g/mol. The highest BCUT2D eigenvalue weighted by atomic mass is 127. The topological polar surface area (TPSA) is 59.4 Å². The second-order valence-electron chi connectivity index (χ2n) is 2.87. The van der Waals surface area contributed by atoms with Crippen LogP contribution in [0.2, 0.25) is 0 Å². The molecule has 0 aliphatic heterocycles. The van der Waals surface area contributed by atoms with E-state index in [4.69, 9.17) is 5.11 Å². The Balaban J connectivity index is 3.44. The molecule has 0 unspecified atom stereocenters. The van der Waals surface area contributed by atoms with Gasteiger partial charge < -0.3 is 9.84 Å². The van der Waals surface area contributed by atoms with Crippen LogP contribution in [0, 0.1) is 3.70 Å². The molecule has 0 aliphatic rings. The van der Waals surface area contributed by atoms with E-state index >= 15 is 0 Å². The third-order valence-corrected chi connectivity index (χ3v) is 2.21. The molecule has 0 aliphatic carbocycles. The van der Waals surface area contributed by atoms with Crippen molar-refractivity contribution < 1.29 is 36.6 Å². The number of carbonyl (C=O) groups is 1. The number of nitrogens with zero attached hydrogens (tertiary/aromatic N) is 1. The van der Waals surface area contributed by atoms with Gasteiger partial charge in [-0.25, -0.2) is 18.6 Å². The molecule has 1 heterocycles. The smallest absolute Gasteiger partial charge is 0.478 e. The van der Waals surface area contributed by atoms with Crippen LogP contribution < -0.4 is 4.74 Å². The van der Waals surface area contributed by atoms with Gasteiger partial charge >= 0.3 is 12.3 Å². The Morgan fingerprint density at radius 2 is 2.00 bits per heavy atom. The second-order valence-corrected chi connectivity index (χ2v) is 3.97. The molecule has 0 saturated heterocycles. The van der Waals surface area contributed by atoms with Gasteiger partial charge in [-0.3, -0.25) is 0 Å². The van der Waals surface area contributed by atoms with E-state index < -0.39 is 35.8 Å². The molecule has 0 fully saturated rings. The highest BCUT2D eigenvalue weighted by Gasteiger charge is 2.36. The van der Waals surface area contributed by atoms with Crippen molar-refractivity contribution in [2.24, 2.45) is 0 Å². The monoisotopic (exact) mass is 383 g/mol. The van der Waals surface area contributed by atoms with Crippen molar-refractivity contribution in [3.05, 3.63) is 20.9 Å². The summed E-state index contributed by atoms with van der Waals surface area (Å²) >= 11 is 1.39. The summed E-state index contributed by atoms with van der Waals surface area (Å²) in [6.45, 7) is 0. The quantitative estimate of drug-likeness (QED) is 0.495. The van der Waals surface area contributed by atoms with Crippen molar-refractivity contribution in [2.75, 3.05) is 0 Å². The van der Waals surface area contributed by atoms with Crippen LogP contribution in [0.5, 0.6) is 5.88 Å². The van der Waals surface area contributed by atoms with Gasteiger partial charge in [0.2, 0.25) is 5.88 Å². The lowest BCUT2D eigenvalue weighted by Crippen LogP contribution is -2.20. The molecule has 0 atom stereocenters. The summed E-state index contributed by atoms with van der Waals surface area (Å²) in [6, 6.07) is 0.730. The first-order valence-electron chi connectivity index (χ1n) is 4.09. The number of hydrogen-bond acceptors (Lipinski definition) is 3. The van der Waals surface area contributed by atoms with E-state index in [2.05, 4.69) is 9.72 Å². The van der Waals surface area contributed by atoms with Crippen molar-refractivity contribution in [3.63, 3.8) is 0 Å². The number of hydrogen-bond donors (Lipinski definition) is 1. The molecule has 1 rings (SSSR count). The zero-order chi connectivity index (χ0) is 14.1. The molecule has 0 aromatic carbocycles. The van der Waals surface area contributed by atoms with Crippen LogP contribution in [0.15, 0.2) is 6.07 Å². The highest BCUT2D eigenvalue weighted by molar-refractivity contribution is 14.1. The molecule has 100 valence electrons. The van der Waals surface area contributed by atoms with E-state index in [-0.39, 0.29) is 3.70 Å². The number of rotatable bonds is 3. The van der Waals surface area contributed by atoms with Gasteiger partial charge in [0, 0.05) is 0 Å². The zero-order valence-electron chi connectivity index (χ0n) is 8.13. The molecule has 0 amide bonds. The molecule has 4 nitrogen and oxygen atoms in total. The number of aromatic carboxylic acids is 1. The molecule has 10 heteroatoms. The van der Waals surface area contributed by atoms with Crippen molar-refractivity contribution in [1.82, 2.24) is 4.98 Å². The minimum Gasteiger partial charge on any atom is -0.478 e. The molecule has 1 aromatic heterocycles. The molecule has 0 bridgehead atoms. The maximum Gasteiger partial charge on any atom is 0.574 e. The minimum atomic E-state index is -5.24. The summed E-state index contributed by atoms with van der Waals surface area (Å²) in [5.74, 6) is -3.25. The normalized spacial score (nSPS) is 11.7. The van der Waals surface area contributed by atoms with Crippen LogP contribution in [-0.2, 0) is 0 Å². The van der Waals surface area contributed by atoms with E-state index in [9.17, 15) is 26.7 Å². The summed E-state index contributed by atoms with van der Waals surface area (Å²) in [4.78, 5) is 13.8. The van der Waals surface area contributed by atoms with Crippen molar-refractivity contribution in [3.8, 4) is 5.88 Å². The van der Waals surface area contributed by atoms with Gasteiger partial charge in [-0.1, -0.05) is 0 Å². The fraction of sp³-hybridized carbons (Fsp3) is 0.250. The van der Waals surface area contributed by atoms with Crippen LogP contribution >= 0.6 is 22.6 Å². The van der Waals surface area contributed by atoms with E-state index in [1.807, 2.05) is 0 Å². The molecule has 0 radical (unpaired) electrons. The lowest BCUT2D eigenvalue weighted by Gasteiger charge is -2.14. The average Bonchev–Trinajstić information content (AvgIpc) is 2.12. The third kappa shape index (κ3) is 3.65. The fourth-order valence-electron chi connectivity index (χ4n) is 1.08. The molecular formula is C8H3F5INO3. The molecule has 1 N–H and O–H groups in total. The lowest BCUT2D eigenvalue weighted by molar-refractivity contribution is -0.276. The van der Waals surface area contributed by atoms with Crippen LogP contribution in [0.3, 0.4) is 0 Å². The lowest BCUT2D eigenvalue weighted by atomic mass is 10.1. The predicted molar refractivity (Wildman–Crippen MR) is 55.6 cm³/mol. The molecule has 0 saturated carbocycles. The predicted octanol–water partition coefficient (Wildman–Crippen LogP) is 3.22. The Morgan fingerprint density at radius 1 is 1.44 bits per heavy atom. The summed E-state index contributed by atoms with van der Waals surface area (Å²) in [5, 5.41) is 8.66. The van der Waals surface area contributed by atoms with Crippen LogP contribution in [0.25, 0.3) is 0 Å². The summed E-state index contributed by atoms with van der Waals surface area (Å²) < 4.78 is 64.3. The van der Waals surface area contributed by atoms with Crippen LogP contribution in [0.4, 0.5) is 22.0 Å². The first-order chi connectivity index (χ1) is 8.11. The Labute approximate surface area is 110 Å². The number of ether oxygens (including phenoxy) is 1. The van der Waals surface area contributed by atoms with Gasteiger partial charge in [-0.15, -0.1) is 13.2 Å². The number of alkyl halides is 5. The highest BCUT2D eigenvalue weighted by Crippen LogP contribution is 2.34. The first kappa shape index (κ1) is 14.9. The van der Waals surface area contributed by atoms with Gasteiger partial charge in [0.05, 0.1) is 11.1 Å². The van der Waals surface area contributed by atoms with Crippen LogP contribution in [0.1, 0.15) is 22.3 Å². The molecule has 1 aromatic rings. The van der Waals surface area contributed by atoms with E-state index in [0.29, 0.717) is 0 Å². The van der Waals surface area contributed by atoms with E-state index in [1.165, 1.54) is 22.6 Å². The number of aromatic nitrogens is 1. The summed E-state index contributed by atoms with van der Waals surface area (Å²) in [7, 11) is 0. The van der Waals surface area contributed by atoms with Gasteiger partial charge in [-0.2, -0.15) is 0 Å². The summed E-state index contributed by atoms with van der Waals surface area (Å²) in [5.41, 5.74) is -2.39. The number of carboxylic acids is 1. The maximum atomic E-state index is 12.6. The largest absolute Gasteiger partial charge is 0.574 e. The maximum absolute atomic E-state index is 12.6. The van der Waals surface area contributed by atoms with Crippen molar-refractivity contribution >= 4 is 28.6 Å². The van der Waals surface area contributed by atoms with Gasteiger partial charge in [0.15, 0.2) is 0 Å². The zero-order valence-corrected chi connectivity index (χ0v) is 10.3. The third-order valence-electron chi connectivity index (χ3n) is 1.65. The number of pyridine rings is 1. The molecule has 0 spiro atoms. The molecule has 18 heavy (non-hydrogen) atoms. The minimum absolute atomic E-state index is 0.214. The van der Waals surface area contributed by atoms with Crippen molar-refractivity contribution in [1.29, 1.82) is 0 Å². The SMILES string of the molecule is O=C(O)c1cc(I)nc(OC(F)(F)F)c1C(F)F. The first-order valence-corrected chi connectivity index (χ1v) is 5.17. The van der Waals surface area contributed by atoms with Crippen LogP contribution in [-0.4, -0.2) is 22.4 Å². The fourth-order valence-corrected chi connectivity index (χ4v) is 1.61. The standard InChI is InChI=1S/C8H3F5INO3/c9-5(10)4-2(7(16)17)1-3(14)15-6(4)18-8(11,12)13/h1,5H,(H,16,17).